The summed E-state index contributed by atoms with van der Waals surface area (Å²) >= 11 is 0. The SMILES string of the molecule is CCCCC/C=C\C/C=C\C/C=C\CCCCCCCCC(=O)OC(COC(=O)CCCCCCCCC)COC(=O)CCCCCCCCCCCCCCCCC/C=C\C/C=C\CCCCCCC. The first-order valence-corrected chi connectivity index (χ1v) is 30.8. The molecule has 1 atom stereocenters. The summed E-state index contributed by atoms with van der Waals surface area (Å²) in [5.41, 5.74) is 0. The van der Waals surface area contributed by atoms with Crippen LogP contribution in [0, 0.1) is 0 Å². The summed E-state index contributed by atoms with van der Waals surface area (Å²) in [5.74, 6) is -0.884. The predicted octanol–water partition coefficient (Wildman–Crippen LogP) is 20.8. The predicted molar refractivity (Wildman–Crippen MR) is 307 cm³/mol. The number of esters is 3. The van der Waals surface area contributed by atoms with Gasteiger partial charge in [0.25, 0.3) is 0 Å². The molecule has 0 saturated carbocycles. The van der Waals surface area contributed by atoms with Crippen LogP contribution in [-0.4, -0.2) is 37.2 Å². The average Bonchev–Trinajstić information content (AvgIpc) is 3.37. The second-order valence-electron chi connectivity index (χ2n) is 20.6. The molecule has 0 heterocycles. The number of carbonyl (C=O) groups excluding carboxylic acids is 3. The highest BCUT2D eigenvalue weighted by Crippen LogP contribution is 2.16. The number of hydrogen-bond donors (Lipinski definition) is 0. The molecule has 0 aliphatic rings. The number of unbranched alkanes of at least 4 members (excludes halogenated alkanes) is 35. The number of ether oxygens (including phenoxy) is 3. The lowest BCUT2D eigenvalue weighted by Crippen LogP contribution is -2.30. The zero-order valence-electron chi connectivity index (χ0n) is 47.2. The molecular formula is C65H116O6. The van der Waals surface area contributed by atoms with E-state index in [4.69, 9.17) is 14.2 Å². The zero-order chi connectivity index (χ0) is 51.4. The van der Waals surface area contributed by atoms with E-state index in [0.29, 0.717) is 19.3 Å². The normalized spacial score (nSPS) is 12.4. The largest absolute Gasteiger partial charge is 0.462 e. The molecule has 6 nitrogen and oxygen atoms in total. The first-order valence-electron chi connectivity index (χ1n) is 30.8. The molecular weight excluding hydrogens is 877 g/mol. The van der Waals surface area contributed by atoms with E-state index in [1.807, 2.05) is 0 Å². The van der Waals surface area contributed by atoms with Crippen LogP contribution in [-0.2, 0) is 28.6 Å². The summed E-state index contributed by atoms with van der Waals surface area (Å²) in [5, 5.41) is 0. The summed E-state index contributed by atoms with van der Waals surface area (Å²) in [6, 6.07) is 0. The van der Waals surface area contributed by atoms with Gasteiger partial charge >= 0.3 is 17.9 Å². The Morgan fingerprint density at radius 2 is 0.507 bits per heavy atom. The first-order chi connectivity index (χ1) is 35.0. The van der Waals surface area contributed by atoms with Gasteiger partial charge in [-0.05, 0) is 89.9 Å². The molecule has 0 amide bonds. The van der Waals surface area contributed by atoms with Gasteiger partial charge < -0.3 is 14.2 Å². The first kappa shape index (κ1) is 68.1. The zero-order valence-corrected chi connectivity index (χ0v) is 47.2. The van der Waals surface area contributed by atoms with Gasteiger partial charge in [-0.15, -0.1) is 0 Å². The van der Waals surface area contributed by atoms with Crippen molar-refractivity contribution in [3.63, 3.8) is 0 Å². The average molecular weight is 994 g/mol. The van der Waals surface area contributed by atoms with Crippen LogP contribution in [0.4, 0.5) is 0 Å². The number of allylic oxidation sites excluding steroid dienone is 10. The lowest BCUT2D eigenvalue weighted by molar-refractivity contribution is -0.167. The van der Waals surface area contributed by atoms with Crippen LogP contribution in [0.15, 0.2) is 60.8 Å². The smallest absolute Gasteiger partial charge is 0.306 e. The quantitative estimate of drug-likeness (QED) is 0.0261. The van der Waals surface area contributed by atoms with Crippen molar-refractivity contribution in [2.75, 3.05) is 13.2 Å². The van der Waals surface area contributed by atoms with Crippen molar-refractivity contribution in [1.29, 1.82) is 0 Å². The number of hydrogen-bond acceptors (Lipinski definition) is 6. The minimum Gasteiger partial charge on any atom is -0.462 e. The fourth-order valence-corrected chi connectivity index (χ4v) is 8.83. The summed E-state index contributed by atoms with van der Waals surface area (Å²) in [7, 11) is 0. The lowest BCUT2D eigenvalue weighted by Gasteiger charge is -2.18. The van der Waals surface area contributed by atoms with Crippen molar-refractivity contribution in [3.05, 3.63) is 60.8 Å². The fourth-order valence-electron chi connectivity index (χ4n) is 8.83. The molecule has 0 bridgehead atoms. The lowest BCUT2D eigenvalue weighted by atomic mass is 10.0. The van der Waals surface area contributed by atoms with Crippen LogP contribution < -0.4 is 0 Å². The monoisotopic (exact) mass is 993 g/mol. The van der Waals surface area contributed by atoms with Gasteiger partial charge in [0, 0.05) is 19.3 Å². The minimum absolute atomic E-state index is 0.0772. The maximum atomic E-state index is 12.8. The number of rotatable bonds is 56. The van der Waals surface area contributed by atoms with Gasteiger partial charge in [-0.2, -0.15) is 0 Å². The summed E-state index contributed by atoms with van der Waals surface area (Å²) in [4.78, 5) is 38.0. The second-order valence-corrected chi connectivity index (χ2v) is 20.6. The Labute approximate surface area is 440 Å². The number of carbonyl (C=O) groups is 3. The maximum absolute atomic E-state index is 12.8. The van der Waals surface area contributed by atoms with E-state index in [9.17, 15) is 14.4 Å². The molecule has 0 fully saturated rings. The third kappa shape index (κ3) is 57.9. The van der Waals surface area contributed by atoms with Crippen molar-refractivity contribution in [2.45, 2.75) is 322 Å². The van der Waals surface area contributed by atoms with Gasteiger partial charge in [-0.25, -0.2) is 0 Å². The van der Waals surface area contributed by atoms with Crippen LogP contribution in [0.5, 0.6) is 0 Å². The highest BCUT2D eigenvalue weighted by Gasteiger charge is 2.19. The van der Waals surface area contributed by atoms with Crippen molar-refractivity contribution in [2.24, 2.45) is 0 Å². The summed E-state index contributed by atoms with van der Waals surface area (Å²) in [6.07, 6.45) is 75.3. The Balaban J connectivity index is 4.12. The molecule has 0 aromatic carbocycles. The Morgan fingerprint density at radius 3 is 0.817 bits per heavy atom. The van der Waals surface area contributed by atoms with Crippen molar-refractivity contribution in [3.8, 4) is 0 Å². The Hall–Kier alpha value is -2.89. The maximum Gasteiger partial charge on any atom is 0.306 e. The van der Waals surface area contributed by atoms with Crippen LogP contribution in [0.25, 0.3) is 0 Å². The molecule has 0 aromatic heterocycles. The molecule has 0 aromatic rings. The minimum atomic E-state index is -0.778. The van der Waals surface area contributed by atoms with Gasteiger partial charge in [-0.1, -0.05) is 268 Å². The van der Waals surface area contributed by atoms with E-state index in [1.54, 1.807) is 0 Å². The molecule has 0 aliphatic carbocycles. The second kappa shape index (κ2) is 59.7. The standard InChI is InChI=1S/C65H116O6/c1-4-7-10-13-16-18-20-22-24-26-28-29-30-31-32-33-34-35-37-38-40-42-44-46-49-52-55-58-64(67)70-61-62(60-69-63(66)57-54-51-48-15-12-9-6-3)71-65(68)59-56-53-50-47-45-43-41-39-36-27-25-23-21-19-17-14-11-8-5-2/h17,19-20,22-23,25-26,28,36,39,62H,4-16,18,21,24,27,29-35,37-38,40-61H2,1-3H3/b19-17-,22-20-,25-23-,28-26-,39-36-. The molecule has 0 N–H and O–H groups in total. The Morgan fingerprint density at radius 1 is 0.282 bits per heavy atom. The van der Waals surface area contributed by atoms with E-state index in [0.717, 1.165) is 89.9 Å². The third-order valence-corrected chi connectivity index (χ3v) is 13.5. The third-order valence-electron chi connectivity index (χ3n) is 13.5. The van der Waals surface area contributed by atoms with Gasteiger partial charge in [0.15, 0.2) is 6.10 Å². The van der Waals surface area contributed by atoms with Crippen LogP contribution >= 0.6 is 0 Å². The molecule has 71 heavy (non-hydrogen) atoms. The van der Waals surface area contributed by atoms with Gasteiger partial charge in [0.2, 0.25) is 0 Å². The fraction of sp³-hybridized carbons (Fsp3) is 0.800. The van der Waals surface area contributed by atoms with Crippen LogP contribution in [0.2, 0.25) is 0 Å². The van der Waals surface area contributed by atoms with Crippen LogP contribution in [0.1, 0.15) is 316 Å². The van der Waals surface area contributed by atoms with Crippen molar-refractivity contribution < 1.29 is 28.6 Å². The van der Waals surface area contributed by atoms with E-state index in [-0.39, 0.29) is 31.1 Å². The van der Waals surface area contributed by atoms with Gasteiger partial charge in [-0.3, -0.25) is 14.4 Å². The molecule has 0 spiro atoms. The molecule has 1 unspecified atom stereocenters. The van der Waals surface area contributed by atoms with E-state index in [1.165, 1.54) is 186 Å². The highest BCUT2D eigenvalue weighted by molar-refractivity contribution is 5.71. The summed E-state index contributed by atoms with van der Waals surface area (Å²) in [6.45, 7) is 6.58. The van der Waals surface area contributed by atoms with E-state index >= 15 is 0 Å². The Kier molecular flexibility index (Phi) is 57.2. The molecule has 0 saturated heterocycles. The van der Waals surface area contributed by atoms with Crippen molar-refractivity contribution >= 4 is 17.9 Å². The molecule has 0 radical (unpaired) electrons. The summed E-state index contributed by atoms with van der Waals surface area (Å²) < 4.78 is 16.8. The van der Waals surface area contributed by atoms with Crippen LogP contribution in [0.3, 0.4) is 0 Å². The molecule has 0 aliphatic heterocycles. The van der Waals surface area contributed by atoms with E-state index < -0.39 is 6.10 Å². The van der Waals surface area contributed by atoms with Gasteiger partial charge in [0.05, 0.1) is 0 Å². The topological polar surface area (TPSA) is 78.9 Å². The molecule has 412 valence electrons. The highest BCUT2D eigenvalue weighted by atomic mass is 16.6. The molecule has 6 heteroatoms. The van der Waals surface area contributed by atoms with E-state index in [2.05, 4.69) is 81.5 Å². The van der Waals surface area contributed by atoms with Gasteiger partial charge in [0.1, 0.15) is 13.2 Å². The molecule has 0 rings (SSSR count). The van der Waals surface area contributed by atoms with Crippen molar-refractivity contribution in [1.82, 2.24) is 0 Å². The Bertz CT molecular complexity index is 1280.